The first-order valence-electron chi connectivity index (χ1n) is 9.21. The zero-order valence-electron chi connectivity index (χ0n) is 15.7. The minimum absolute atomic E-state index is 0. The van der Waals surface area contributed by atoms with E-state index in [0.29, 0.717) is 19.7 Å². The summed E-state index contributed by atoms with van der Waals surface area (Å²) in [6, 6.07) is 18.2. The molecule has 3 rings (SSSR count). The number of aliphatic imine (C=N–C) groups is 1. The Labute approximate surface area is 178 Å². The minimum atomic E-state index is -0.256. The van der Waals surface area contributed by atoms with Gasteiger partial charge < -0.3 is 20.1 Å². The van der Waals surface area contributed by atoms with Gasteiger partial charge in [-0.15, -0.1) is 24.0 Å². The van der Waals surface area contributed by atoms with Crippen molar-refractivity contribution >= 4 is 29.9 Å². The van der Waals surface area contributed by atoms with E-state index in [4.69, 9.17) is 9.73 Å². The quantitative estimate of drug-likeness (QED) is 0.377. The van der Waals surface area contributed by atoms with Crippen molar-refractivity contribution in [3.05, 3.63) is 65.7 Å². The van der Waals surface area contributed by atoms with Gasteiger partial charge in [-0.05, 0) is 36.6 Å². The second-order valence-electron chi connectivity index (χ2n) is 6.48. The second-order valence-corrected chi connectivity index (χ2v) is 6.48. The molecule has 0 spiro atoms. The molecule has 1 heterocycles. The van der Waals surface area contributed by atoms with Gasteiger partial charge in [-0.25, -0.2) is 4.99 Å². The van der Waals surface area contributed by atoms with Gasteiger partial charge >= 0.3 is 0 Å². The van der Waals surface area contributed by atoms with Crippen molar-refractivity contribution in [1.82, 2.24) is 10.2 Å². The summed E-state index contributed by atoms with van der Waals surface area (Å²) in [5.74, 6) is 1.71. The molecule has 1 atom stereocenters. The lowest BCUT2D eigenvalue weighted by molar-refractivity contribution is 0.188. The number of nitrogens with one attached hydrogen (secondary N) is 1. The Morgan fingerprint density at radius 2 is 1.96 bits per heavy atom. The lowest BCUT2D eigenvalue weighted by Crippen LogP contribution is -2.40. The van der Waals surface area contributed by atoms with E-state index < -0.39 is 0 Å². The third-order valence-electron chi connectivity index (χ3n) is 4.36. The first kappa shape index (κ1) is 21.5. The molecule has 0 saturated carbocycles. The summed E-state index contributed by atoms with van der Waals surface area (Å²) in [5.41, 5.74) is 2.25. The summed E-state index contributed by atoms with van der Waals surface area (Å²) < 4.78 is 5.89. The summed E-state index contributed by atoms with van der Waals surface area (Å²) in [7, 11) is 0. The predicted molar refractivity (Wildman–Crippen MR) is 120 cm³/mol. The van der Waals surface area contributed by atoms with Crippen molar-refractivity contribution in [2.75, 3.05) is 19.6 Å². The van der Waals surface area contributed by atoms with Gasteiger partial charge in [-0.1, -0.05) is 42.5 Å². The number of ether oxygens (including phenoxy) is 1. The predicted octanol–water partition coefficient (Wildman–Crippen LogP) is 3.42. The summed E-state index contributed by atoms with van der Waals surface area (Å²) in [6.07, 6.45) is 0.543. The number of likely N-dealkylation sites (tertiary alicyclic amines) is 1. The molecule has 6 heteroatoms. The topological polar surface area (TPSA) is 57.1 Å². The largest absolute Gasteiger partial charge is 0.489 e. The fourth-order valence-corrected chi connectivity index (χ4v) is 3.00. The van der Waals surface area contributed by atoms with Crippen molar-refractivity contribution in [1.29, 1.82) is 0 Å². The van der Waals surface area contributed by atoms with E-state index in [1.807, 2.05) is 36.4 Å². The molecule has 0 aliphatic carbocycles. The van der Waals surface area contributed by atoms with E-state index in [1.54, 1.807) is 0 Å². The molecule has 5 nitrogen and oxygen atoms in total. The molecule has 1 aliphatic rings. The molecule has 0 bridgehead atoms. The zero-order chi connectivity index (χ0) is 18.2. The Bertz CT molecular complexity index is 724. The normalized spacial score (nSPS) is 16.7. The maximum atomic E-state index is 9.75. The zero-order valence-corrected chi connectivity index (χ0v) is 18.0. The van der Waals surface area contributed by atoms with E-state index in [9.17, 15) is 5.11 Å². The average Bonchev–Trinajstić information content (AvgIpc) is 3.11. The summed E-state index contributed by atoms with van der Waals surface area (Å²) in [4.78, 5) is 6.84. The van der Waals surface area contributed by atoms with Gasteiger partial charge in [0.2, 0.25) is 0 Å². The third-order valence-corrected chi connectivity index (χ3v) is 4.36. The molecule has 27 heavy (non-hydrogen) atoms. The van der Waals surface area contributed by atoms with Crippen molar-refractivity contribution < 1.29 is 9.84 Å². The number of nitrogens with zero attached hydrogens (tertiary/aromatic N) is 2. The van der Waals surface area contributed by atoms with E-state index in [2.05, 4.69) is 35.3 Å². The number of aliphatic hydroxyl groups excluding tert-OH is 1. The molecule has 1 saturated heterocycles. The number of guanidine groups is 1. The van der Waals surface area contributed by atoms with Crippen molar-refractivity contribution in [3.8, 4) is 5.75 Å². The molecule has 146 valence electrons. The molecule has 1 fully saturated rings. The van der Waals surface area contributed by atoms with Crippen LogP contribution in [0.4, 0.5) is 0 Å². The van der Waals surface area contributed by atoms with E-state index >= 15 is 0 Å². The highest BCUT2D eigenvalue weighted by Gasteiger charge is 2.22. The first-order valence-corrected chi connectivity index (χ1v) is 9.21. The maximum Gasteiger partial charge on any atom is 0.194 e. The van der Waals surface area contributed by atoms with Crippen LogP contribution >= 0.6 is 24.0 Å². The number of β-amino-alcohol motifs (C(OH)–C–C–N with tert-alkyl or cyclic N) is 1. The van der Waals surface area contributed by atoms with Gasteiger partial charge in [-0.2, -0.15) is 0 Å². The minimum Gasteiger partial charge on any atom is -0.489 e. The van der Waals surface area contributed by atoms with Crippen LogP contribution in [0, 0.1) is 0 Å². The highest BCUT2D eigenvalue weighted by Crippen LogP contribution is 2.16. The molecular formula is C21H28IN3O2. The lowest BCUT2D eigenvalue weighted by Gasteiger charge is -2.21. The van der Waals surface area contributed by atoms with Gasteiger partial charge in [0.15, 0.2) is 5.96 Å². The Morgan fingerprint density at radius 3 is 2.67 bits per heavy atom. The van der Waals surface area contributed by atoms with Crippen LogP contribution in [0.5, 0.6) is 5.75 Å². The number of halogens is 1. The fraction of sp³-hybridized carbons (Fsp3) is 0.381. The fourth-order valence-electron chi connectivity index (χ4n) is 3.00. The van der Waals surface area contributed by atoms with Crippen LogP contribution in [0.1, 0.15) is 24.5 Å². The average molecular weight is 481 g/mol. The van der Waals surface area contributed by atoms with Crippen molar-refractivity contribution in [2.45, 2.75) is 32.6 Å². The Kier molecular flexibility index (Phi) is 8.87. The highest BCUT2D eigenvalue weighted by molar-refractivity contribution is 14.0. The van der Waals surface area contributed by atoms with Gasteiger partial charge in [-0.3, -0.25) is 0 Å². The van der Waals surface area contributed by atoms with Gasteiger partial charge in [0.25, 0.3) is 0 Å². The standard InChI is InChI=1S/C21H27N3O2.HI/c1-2-22-21(24-12-11-19(25)15-24)23-14-18-9-6-10-20(13-18)26-16-17-7-4-3-5-8-17;/h3-10,13,19,25H,2,11-12,14-16H2,1H3,(H,22,23);1H/t19-;/m1./s1. The number of aliphatic hydroxyl groups is 1. The first-order chi connectivity index (χ1) is 12.7. The molecule has 0 amide bonds. The molecule has 2 N–H and O–H groups in total. The van der Waals surface area contributed by atoms with Crippen LogP contribution in [0.2, 0.25) is 0 Å². The molecule has 0 radical (unpaired) electrons. The summed E-state index contributed by atoms with van der Waals surface area (Å²) in [6.45, 7) is 5.49. The van der Waals surface area contributed by atoms with Crippen LogP contribution in [-0.2, 0) is 13.2 Å². The van der Waals surface area contributed by atoms with Gasteiger partial charge in [0, 0.05) is 19.6 Å². The summed E-state index contributed by atoms with van der Waals surface area (Å²) in [5, 5.41) is 13.1. The second kappa shape index (κ2) is 11.1. The smallest absolute Gasteiger partial charge is 0.194 e. The number of benzene rings is 2. The lowest BCUT2D eigenvalue weighted by atomic mass is 10.2. The SMILES string of the molecule is CCNC(=NCc1cccc(OCc2ccccc2)c1)N1CC[C@@H](O)C1.I. The molecular weight excluding hydrogens is 453 g/mol. The Balaban J connectivity index is 0.00000261. The van der Waals surface area contributed by atoms with Crippen LogP contribution in [0.15, 0.2) is 59.6 Å². The van der Waals surface area contributed by atoms with Gasteiger partial charge in [0.05, 0.1) is 12.6 Å². The van der Waals surface area contributed by atoms with Crippen molar-refractivity contribution in [2.24, 2.45) is 4.99 Å². The van der Waals surface area contributed by atoms with Crippen LogP contribution in [0.25, 0.3) is 0 Å². The Morgan fingerprint density at radius 1 is 1.19 bits per heavy atom. The number of hydrogen-bond donors (Lipinski definition) is 2. The van der Waals surface area contributed by atoms with Crippen LogP contribution in [0.3, 0.4) is 0 Å². The highest BCUT2D eigenvalue weighted by atomic mass is 127. The molecule has 0 aromatic heterocycles. The summed E-state index contributed by atoms with van der Waals surface area (Å²) >= 11 is 0. The molecule has 2 aromatic rings. The van der Waals surface area contributed by atoms with Crippen LogP contribution in [-0.4, -0.2) is 41.7 Å². The van der Waals surface area contributed by atoms with E-state index in [0.717, 1.165) is 42.3 Å². The molecule has 1 aliphatic heterocycles. The third kappa shape index (κ3) is 6.70. The number of hydrogen-bond acceptors (Lipinski definition) is 3. The molecule has 0 unspecified atom stereocenters. The van der Waals surface area contributed by atoms with Crippen LogP contribution < -0.4 is 10.1 Å². The van der Waals surface area contributed by atoms with E-state index in [1.165, 1.54) is 0 Å². The van der Waals surface area contributed by atoms with Crippen molar-refractivity contribution in [3.63, 3.8) is 0 Å². The maximum absolute atomic E-state index is 9.75. The monoisotopic (exact) mass is 481 g/mol. The Hall–Kier alpha value is -1.80. The van der Waals surface area contributed by atoms with E-state index in [-0.39, 0.29) is 30.1 Å². The molecule has 2 aromatic carbocycles. The number of rotatable bonds is 6. The van der Waals surface area contributed by atoms with Gasteiger partial charge in [0.1, 0.15) is 12.4 Å².